The minimum absolute atomic E-state index is 0.200. The van der Waals surface area contributed by atoms with Crippen molar-refractivity contribution in [3.05, 3.63) is 0 Å². The molecule has 1 aliphatic carbocycles. The van der Waals surface area contributed by atoms with Crippen LogP contribution in [0.4, 0.5) is 0 Å². The Morgan fingerprint density at radius 2 is 2.00 bits per heavy atom. The minimum atomic E-state index is -0.394. The molecule has 2 N–H and O–H groups in total. The third-order valence-corrected chi connectivity index (χ3v) is 5.85. The Labute approximate surface area is 127 Å². The van der Waals surface area contributed by atoms with Gasteiger partial charge in [0.25, 0.3) is 0 Å². The van der Waals surface area contributed by atoms with Crippen LogP contribution in [0.25, 0.3) is 0 Å². The molecular formula is C15H29N3OS. The number of piperazine rings is 1. The van der Waals surface area contributed by atoms with E-state index in [-0.39, 0.29) is 5.91 Å². The van der Waals surface area contributed by atoms with Crippen molar-refractivity contribution < 1.29 is 4.79 Å². The highest BCUT2D eigenvalue weighted by molar-refractivity contribution is 7.99. The molecule has 2 fully saturated rings. The quantitative estimate of drug-likeness (QED) is 0.825. The van der Waals surface area contributed by atoms with Gasteiger partial charge in [0.15, 0.2) is 0 Å². The molecular weight excluding hydrogens is 270 g/mol. The number of nitrogens with zero attached hydrogens (tertiary/aromatic N) is 1. The van der Waals surface area contributed by atoms with Crippen molar-refractivity contribution in [3.8, 4) is 0 Å². The van der Waals surface area contributed by atoms with E-state index >= 15 is 0 Å². The van der Waals surface area contributed by atoms with Crippen molar-refractivity contribution in [2.24, 2.45) is 0 Å². The van der Waals surface area contributed by atoms with Gasteiger partial charge in [-0.15, -0.1) is 0 Å². The smallest absolute Gasteiger partial charge is 0.240 e. The number of amides is 1. The molecule has 5 heteroatoms. The first kappa shape index (κ1) is 16.1. The lowest BCUT2D eigenvalue weighted by atomic mass is 9.93. The lowest BCUT2D eigenvalue weighted by Gasteiger charge is -2.41. The van der Waals surface area contributed by atoms with Gasteiger partial charge >= 0.3 is 0 Å². The fourth-order valence-electron chi connectivity index (χ4n) is 3.22. The van der Waals surface area contributed by atoms with Gasteiger partial charge in [-0.1, -0.05) is 6.42 Å². The van der Waals surface area contributed by atoms with Crippen LogP contribution in [0.3, 0.4) is 0 Å². The third kappa shape index (κ3) is 3.89. The highest BCUT2D eigenvalue weighted by atomic mass is 32.2. The average molecular weight is 299 g/mol. The molecule has 1 aliphatic heterocycles. The van der Waals surface area contributed by atoms with Gasteiger partial charge in [-0.2, -0.15) is 11.8 Å². The SMILES string of the molecule is CSC1CCCC(NC(=O)C(C)(C)N2CCNCC2)C1. The first-order chi connectivity index (χ1) is 9.54. The number of nitrogens with one attached hydrogen (secondary N) is 2. The van der Waals surface area contributed by atoms with Crippen LogP contribution in [-0.4, -0.2) is 60.1 Å². The van der Waals surface area contributed by atoms with Crippen LogP contribution < -0.4 is 10.6 Å². The maximum atomic E-state index is 12.6. The monoisotopic (exact) mass is 299 g/mol. The summed E-state index contributed by atoms with van der Waals surface area (Å²) in [6.45, 7) is 7.99. The van der Waals surface area contributed by atoms with Crippen molar-refractivity contribution in [2.75, 3.05) is 32.4 Å². The zero-order chi connectivity index (χ0) is 14.6. The molecule has 0 radical (unpaired) electrons. The average Bonchev–Trinajstić information content (AvgIpc) is 2.48. The molecule has 2 rings (SSSR count). The highest BCUT2D eigenvalue weighted by Crippen LogP contribution is 2.27. The second kappa shape index (κ2) is 7.14. The predicted octanol–water partition coefficient (Wildman–Crippen LogP) is 1.46. The zero-order valence-corrected chi connectivity index (χ0v) is 13.9. The summed E-state index contributed by atoms with van der Waals surface area (Å²) in [6, 6.07) is 0.371. The number of carbonyl (C=O) groups excluding carboxylic acids is 1. The molecule has 2 aliphatic rings. The molecule has 1 saturated heterocycles. The summed E-state index contributed by atoms with van der Waals surface area (Å²) in [4.78, 5) is 14.9. The summed E-state index contributed by atoms with van der Waals surface area (Å²) in [7, 11) is 0. The second-order valence-electron chi connectivity index (χ2n) is 6.49. The maximum Gasteiger partial charge on any atom is 0.240 e. The lowest BCUT2D eigenvalue weighted by molar-refractivity contribution is -0.133. The Morgan fingerprint density at radius 1 is 1.30 bits per heavy atom. The van der Waals surface area contributed by atoms with E-state index in [0.29, 0.717) is 6.04 Å². The van der Waals surface area contributed by atoms with Crippen LogP contribution in [0.1, 0.15) is 39.5 Å². The van der Waals surface area contributed by atoms with Crippen LogP contribution in [-0.2, 0) is 4.79 Å². The fourth-order valence-corrected chi connectivity index (χ4v) is 4.05. The second-order valence-corrected chi connectivity index (χ2v) is 7.63. The van der Waals surface area contributed by atoms with Gasteiger partial charge in [-0.3, -0.25) is 9.69 Å². The molecule has 116 valence electrons. The van der Waals surface area contributed by atoms with Crippen LogP contribution in [0.5, 0.6) is 0 Å². The molecule has 0 aromatic rings. The van der Waals surface area contributed by atoms with E-state index in [1.807, 2.05) is 11.8 Å². The number of hydrogen-bond donors (Lipinski definition) is 2. The van der Waals surface area contributed by atoms with E-state index in [4.69, 9.17) is 0 Å². The molecule has 1 saturated carbocycles. The fraction of sp³-hybridized carbons (Fsp3) is 0.933. The van der Waals surface area contributed by atoms with E-state index in [9.17, 15) is 4.79 Å². The van der Waals surface area contributed by atoms with Gasteiger partial charge in [0.05, 0.1) is 5.54 Å². The van der Waals surface area contributed by atoms with Crippen molar-refractivity contribution in [1.82, 2.24) is 15.5 Å². The topological polar surface area (TPSA) is 44.4 Å². The standard InChI is InChI=1S/C15H29N3OS/c1-15(2,18-9-7-16-8-10-18)14(19)17-12-5-4-6-13(11-12)20-3/h12-13,16H,4-11H2,1-3H3,(H,17,19). The minimum Gasteiger partial charge on any atom is -0.352 e. The Hall–Kier alpha value is -0.260. The third-order valence-electron chi connectivity index (χ3n) is 4.76. The molecule has 4 nitrogen and oxygen atoms in total. The van der Waals surface area contributed by atoms with E-state index in [1.165, 1.54) is 12.8 Å². The number of hydrogen-bond acceptors (Lipinski definition) is 4. The van der Waals surface area contributed by atoms with Gasteiger partial charge < -0.3 is 10.6 Å². The van der Waals surface area contributed by atoms with Crippen LogP contribution in [0, 0.1) is 0 Å². The maximum absolute atomic E-state index is 12.6. The Kier molecular flexibility index (Phi) is 5.75. The molecule has 1 heterocycles. The Bertz CT molecular complexity index is 329. The molecule has 0 aromatic carbocycles. The lowest BCUT2D eigenvalue weighted by Crippen LogP contribution is -2.61. The molecule has 1 amide bonds. The van der Waals surface area contributed by atoms with Crippen molar-refractivity contribution in [1.29, 1.82) is 0 Å². The summed E-state index contributed by atoms with van der Waals surface area (Å²) in [5.41, 5.74) is -0.394. The van der Waals surface area contributed by atoms with Gasteiger partial charge in [0.2, 0.25) is 5.91 Å². The van der Waals surface area contributed by atoms with Crippen molar-refractivity contribution in [2.45, 2.75) is 56.4 Å². The number of rotatable bonds is 4. The van der Waals surface area contributed by atoms with Crippen molar-refractivity contribution >= 4 is 17.7 Å². The van der Waals surface area contributed by atoms with E-state index < -0.39 is 5.54 Å². The summed E-state index contributed by atoms with van der Waals surface area (Å²) in [6.07, 6.45) is 6.99. The first-order valence-electron chi connectivity index (χ1n) is 7.83. The van der Waals surface area contributed by atoms with Gasteiger partial charge in [0.1, 0.15) is 0 Å². The Morgan fingerprint density at radius 3 is 2.65 bits per heavy atom. The van der Waals surface area contributed by atoms with Crippen molar-refractivity contribution in [3.63, 3.8) is 0 Å². The van der Waals surface area contributed by atoms with E-state index in [2.05, 4.69) is 35.6 Å². The molecule has 0 aromatic heterocycles. The van der Waals surface area contributed by atoms with Gasteiger partial charge in [0, 0.05) is 37.5 Å². The molecule has 0 spiro atoms. The van der Waals surface area contributed by atoms with E-state index in [0.717, 1.165) is 44.3 Å². The molecule has 2 unspecified atom stereocenters. The molecule has 0 bridgehead atoms. The molecule has 2 atom stereocenters. The number of carbonyl (C=O) groups is 1. The first-order valence-corrected chi connectivity index (χ1v) is 9.12. The van der Waals surface area contributed by atoms with E-state index in [1.54, 1.807) is 0 Å². The predicted molar refractivity (Wildman–Crippen MR) is 86.2 cm³/mol. The van der Waals surface area contributed by atoms with Crippen LogP contribution >= 0.6 is 11.8 Å². The highest BCUT2D eigenvalue weighted by Gasteiger charge is 2.36. The van der Waals surface area contributed by atoms with Gasteiger partial charge in [-0.25, -0.2) is 0 Å². The van der Waals surface area contributed by atoms with Gasteiger partial charge in [-0.05, 0) is 39.4 Å². The largest absolute Gasteiger partial charge is 0.352 e. The summed E-state index contributed by atoms with van der Waals surface area (Å²) < 4.78 is 0. The Balaban J connectivity index is 1.89. The molecule has 20 heavy (non-hydrogen) atoms. The summed E-state index contributed by atoms with van der Waals surface area (Å²) in [5, 5.41) is 7.37. The normalized spacial score (nSPS) is 29.1. The van der Waals surface area contributed by atoms with Crippen LogP contribution in [0.2, 0.25) is 0 Å². The van der Waals surface area contributed by atoms with Crippen LogP contribution in [0.15, 0.2) is 0 Å². The number of thioether (sulfide) groups is 1. The zero-order valence-electron chi connectivity index (χ0n) is 13.1. The summed E-state index contributed by atoms with van der Waals surface area (Å²) in [5.74, 6) is 0.200. The summed E-state index contributed by atoms with van der Waals surface area (Å²) >= 11 is 1.94.